The number of rotatable bonds is 7. The number of hydrogen-bond donors (Lipinski definition) is 1. The van der Waals surface area contributed by atoms with Crippen LogP contribution in [0.2, 0.25) is 0 Å². The molecule has 0 radical (unpaired) electrons. The third-order valence-corrected chi connectivity index (χ3v) is 4.32. The van der Waals surface area contributed by atoms with Gasteiger partial charge in [-0.1, -0.05) is 48.3 Å². The first-order valence-electron chi connectivity index (χ1n) is 7.79. The van der Waals surface area contributed by atoms with Gasteiger partial charge in [0.1, 0.15) is 0 Å². The molecule has 20 heavy (non-hydrogen) atoms. The molecule has 0 saturated carbocycles. The molecule has 2 atom stereocenters. The summed E-state index contributed by atoms with van der Waals surface area (Å²) in [5.74, 6) is 1.52. The van der Waals surface area contributed by atoms with Crippen molar-refractivity contribution in [2.45, 2.75) is 59.4 Å². The molecule has 0 heterocycles. The van der Waals surface area contributed by atoms with Crippen LogP contribution in [0.25, 0.3) is 0 Å². The number of hydrogen-bond acceptors (Lipinski definition) is 1. The molecular weight excluding hydrogens is 310 g/mol. The van der Waals surface area contributed by atoms with E-state index in [9.17, 15) is 0 Å². The second kappa shape index (κ2) is 8.19. The van der Waals surface area contributed by atoms with Crippen molar-refractivity contribution in [1.29, 1.82) is 0 Å². The van der Waals surface area contributed by atoms with Gasteiger partial charge >= 0.3 is 0 Å². The van der Waals surface area contributed by atoms with E-state index in [4.69, 9.17) is 0 Å². The van der Waals surface area contributed by atoms with Crippen molar-refractivity contribution < 1.29 is 0 Å². The molecule has 0 bridgehead atoms. The maximum absolute atomic E-state index is 3.67. The predicted octanol–water partition coefficient (Wildman–Crippen LogP) is 5.43. The van der Waals surface area contributed by atoms with Gasteiger partial charge in [-0.2, -0.15) is 0 Å². The first kappa shape index (κ1) is 17.7. The number of nitrogens with one attached hydrogen (secondary N) is 1. The van der Waals surface area contributed by atoms with Crippen molar-refractivity contribution in [2.24, 2.45) is 11.8 Å². The van der Waals surface area contributed by atoms with Gasteiger partial charge in [-0.05, 0) is 69.7 Å². The van der Waals surface area contributed by atoms with Crippen molar-refractivity contribution in [3.63, 3.8) is 0 Å². The second-order valence-corrected chi connectivity index (χ2v) is 7.99. The monoisotopic (exact) mass is 339 g/mol. The molecule has 114 valence electrons. The first-order valence-corrected chi connectivity index (χ1v) is 8.59. The summed E-state index contributed by atoms with van der Waals surface area (Å²) in [6.07, 6.45) is 3.74. The zero-order chi connectivity index (χ0) is 15.2. The quantitative estimate of drug-likeness (QED) is 0.698. The van der Waals surface area contributed by atoms with E-state index < -0.39 is 0 Å². The van der Waals surface area contributed by atoms with E-state index in [0.717, 1.165) is 16.9 Å². The molecule has 1 nitrogen and oxygen atoms in total. The van der Waals surface area contributed by atoms with Gasteiger partial charge in [0.2, 0.25) is 0 Å². The van der Waals surface area contributed by atoms with Crippen LogP contribution in [0.3, 0.4) is 0 Å². The van der Waals surface area contributed by atoms with E-state index in [-0.39, 0.29) is 5.54 Å². The smallest absolute Gasteiger partial charge is 0.0175 e. The highest BCUT2D eigenvalue weighted by molar-refractivity contribution is 9.10. The molecule has 0 amide bonds. The zero-order valence-electron chi connectivity index (χ0n) is 13.7. The highest BCUT2D eigenvalue weighted by Gasteiger charge is 2.17. The fourth-order valence-corrected chi connectivity index (χ4v) is 2.64. The van der Waals surface area contributed by atoms with Gasteiger partial charge in [-0.15, -0.1) is 0 Å². The van der Waals surface area contributed by atoms with E-state index in [1.165, 1.54) is 24.8 Å². The van der Waals surface area contributed by atoms with Crippen molar-refractivity contribution in [3.8, 4) is 0 Å². The highest BCUT2D eigenvalue weighted by Crippen LogP contribution is 2.21. The van der Waals surface area contributed by atoms with Crippen molar-refractivity contribution in [3.05, 3.63) is 34.3 Å². The minimum absolute atomic E-state index is 0.202. The van der Waals surface area contributed by atoms with Crippen molar-refractivity contribution in [1.82, 2.24) is 5.32 Å². The van der Waals surface area contributed by atoms with Gasteiger partial charge in [0.15, 0.2) is 0 Å². The van der Waals surface area contributed by atoms with Crippen LogP contribution >= 0.6 is 15.9 Å². The minimum Gasteiger partial charge on any atom is -0.312 e. The van der Waals surface area contributed by atoms with Crippen LogP contribution in [-0.2, 0) is 6.42 Å². The van der Waals surface area contributed by atoms with Gasteiger partial charge in [0.05, 0.1) is 0 Å². The Kier molecular flexibility index (Phi) is 7.25. The normalized spacial score (nSPS) is 15.1. The van der Waals surface area contributed by atoms with Gasteiger partial charge in [0, 0.05) is 10.0 Å². The van der Waals surface area contributed by atoms with Crippen LogP contribution in [0.15, 0.2) is 28.7 Å². The average Bonchev–Trinajstić information content (AvgIpc) is 2.37. The molecule has 0 aliphatic rings. The van der Waals surface area contributed by atoms with Crippen LogP contribution in [0.4, 0.5) is 0 Å². The van der Waals surface area contributed by atoms with Crippen LogP contribution < -0.4 is 5.32 Å². The van der Waals surface area contributed by atoms with Gasteiger partial charge in [0.25, 0.3) is 0 Å². The molecule has 0 aromatic heterocycles. The molecule has 1 N–H and O–H groups in total. The lowest BCUT2D eigenvalue weighted by atomic mass is 9.88. The summed E-state index contributed by atoms with van der Waals surface area (Å²) in [6.45, 7) is 12.5. The summed E-state index contributed by atoms with van der Waals surface area (Å²) in [7, 11) is 0. The van der Waals surface area contributed by atoms with Crippen molar-refractivity contribution >= 4 is 15.9 Å². The van der Waals surface area contributed by atoms with Gasteiger partial charge < -0.3 is 5.32 Å². The van der Waals surface area contributed by atoms with Gasteiger partial charge in [-0.25, -0.2) is 0 Å². The number of benzene rings is 1. The Morgan fingerprint density at radius 1 is 1.15 bits per heavy atom. The van der Waals surface area contributed by atoms with Crippen LogP contribution in [-0.4, -0.2) is 12.1 Å². The minimum atomic E-state index is 0.202. The molecule has 0 saturated heterocycles. The molecule has 0 fully saturated rings. The molecule has 2 heteroatoms. The van der Waals surface area contributed by atoms with E-state index in [1.54, 1.807) is 0 Å². The average molecular weight is 340 g/mol. The molecule has 0 aliphatic heterocycles. The zero-order valence-corrected chi connectivity index (χ0v) is 15.3. The van der Waals surface area contributed by atoms with Gasteiger partial charge in [-0.3, -0.25) is 0 Å². The molecule has 2 unspecified atom stereocenters. The summed E-state index contributed by atoms with van der Waals surface area (Å²) < 4.78 is 1.16. The third-order valence-electron chi connectivity index (χ3n) is 3.79. The van der Waals surface area contributed by atoms with E-state index >= 15 is 0 Å². The Hall–Kier alpha value is -0.340. The van der Waals surface area contributed by atoms with Crippen molar-refractivity contribution in [2.75, 3.05) is 6.54 Å². The summed E-state index contributed by atoms with van der Waals surface area (Å²) in [6, 6.07) is 8.77. The maximum atomic E-state index is 3.67. The SMILES string of the molecule is CCC(C)CC(CNC(C)(C)C)Cc1ccc(Br)cc1. The molecule has 1 rings (SSSR count). The molecule has 1 aromatic rings. The second-order valence-electron chi connectivity index (χ2n) is 7.08. The lowest BCUT2D eigenvalue weighted by Crippen LogP contribution is -2.40. The summed E-state index contributed by atoms with van der Waals surface area (Å²) in [5, 5.41) is 3.67. The third kappa shape index (κ3) is 7.44. The fraction of sp³-hybridized carbons (Fsp3) is 0.667. The largest absolute Gasteiger partial charge is 0.312 e. The lowest BCUT2D eigenvalue weighted by molar-refractivity contribution is 0.320. The summed E-state index contributed by atoms with van der Waals surface area (Å²) in [5.41, 5.74) is 1.64. The number of halogens is 1. The highest BCUT2D eigenvalue weighted by atomic mass is 79.9. The molecular formula is C18H30BrN. The Morgan fingerprint density at radius 2 is 1.75 bits per heavy atom. The summed E-state index contributed by atoms with van der Waals surface area (Å²) >= 11 is 3.51. The Bertz CT molecular complexity index is 377. The van der Waals surface area contributed by atoms with Crippen LogP contribution in [0, 0.1) is 11.8 Å². The maximum Gasteiger partial charge on any atom is 0.0175 e. The Balaban J connectivity index is 2.63. The Labute approximate surface area is 133 Å². The predicted molar refractivity (Wildman–Crippen MR) is 93.2 cm³/mol. The Morgan fingerprint density at radius 3 is 2.25 bits per heavy atom. The van der Waals surface area contributed by atoms with E-state index in [0.29, 0.717) is 5.92 Å². The molecule has 0 aliphatic carbocycles. The van der Waals surface area contributed by atoms with Crippen LogP contribution in [0.1, 0.15) is 53.0 Å². The first-order chi connectivity index (χ1) is 9.30. The van der Waals surface area contributed by atoms with Crippen LogP contribution in [0.5, 0.6) is 0 Å². The standard InChI is InChI=1S/C18H30BrN/c1-6-14(2)11-16(13-20-18(3,4)5)12-15-7-9-17(19)10-8-15/h7-10,14,16,20H,6,11-13H2,1-5H3. The van der Waals surface area contributed by atoms with E-state index in [2.05, 4.69) is 80.1 Å². The molecule has 1 aromatic carbocycles. The summed E-state index contributed by atoms with van der Waals surface area (Å²) in [4.78, 5) is 0. The fourth-order valence-electron chi connectivity index (χ4n) is 2.38. The lowest BCUT2D eigenvalue weighted by Gasteiger charge is -2.27. The topological polar surface area (TPSA) is 12.0 Å². The molecule has 0 spiro atoms. The van der Waals surface area contributed by atoms with E-state index in [1.807, 2.05) is 0 Å².